The van der Waals surface area contributed by atoms with Crippen molar-refractivity contribution in [3.05, 3.63) is 12.2 Å². The molecular weight excluding hydrogens is 284 g/mol. The van der Waals surface area contributed by atoms with Crippen molar-refractivity contribution in [2.24, 2.45) is 0 Å². The SMILES string of the molecule is CCCC/C=C/CCCCCO[C@@H]1CO[C@H]([C@@H](O)CO)[C@@H]1O. The van der Waals surface area contributed by atoms with Gasteiger partial charge in [-0.15, -0.1) is 0 Å². The van der Waals surface area contributed by atoms with Gasteiger partial charge in [0.15, 0.2) is 0 Å². The van der Waals surface area contributed by atoms with Crippen LogP contribution in [0.5, 0.6) is 0 Å². The van der Waals surface area contributed by atoms with Crippen LogP contribution in [0.25, 0.3) is 0 Å². The molecule has 1 aliphatic rings. The zero-order chi connectivity index (χ0) is 16.2. The highest BCUT2D eigenvalue weighted by molar-refractivity contribution is 4.88. The quantitative estimate of drug-likeness (QED) is 0.378. The molecule has 1 rings (SSSR count). The average molecular weight is 316 g/mol. The monoisotopic (exact) mass is 316 g/mol. The molecule has 0 radical (unpaired) electrons. The van der Waals surface area contributed by atoms with Gasteiger partial charge in [-0.05, 0) is 25.7 Å². The van der Waals surface area contributed by atoms with E-state index in [0.717, 1.165) is 25.7 Å². The second-order valence-electron chi connectivity index (χ2n) is 5.91. The van der Waals surface area contributed by atoms with Crippen LogP contribution in [0.4, 0.5) is 0 Å². The molecule has 0 aromatic heterocycles. The summed E-state index contributed by atoms with van der Waals surface area (Å²) < 4.78 is 10.9. The molecule has 0 spiro atoms. The van der Waals surface area contributed by atoms with E-state index in [9.17, 15) is 10.2 Å². The second kappa shape index (κ2) is 12.0. The lowest BCUT2D eigenvalue weighted by molar-refractivity contribution is -0.0730. The summed E-state index contributed by atoms with van der Waals surface area (Å²) in [5.74, 6) is 0. The predicted octanol–water partition coefficient (Wildman–Crippen LogP) is 1.79. The van der Waals surface area contributed by atoms with Crippen molar-refractivity contribution in [3.63, 3.8) is 0 Å². The number of hydrogen-bond acceptors (Lipinski definition) is 5. The second-order valence-corrected chi connectivity index (χ2v) is 5.91. The molecule has 0 bridgehead atoms. The van der Waals surface area contributed by atoms with E-state index < -0.39 is 31.0 Å². The minimum atomic E-state index is -1.05. The third kappa shape index (κ3) is 7.20. The first-order chi connectivity index (χ1) is 10.7. The summed E-state index contributed by atoms with van der Waals surface area (Å²) in [4.78, 5) is 0. The molecule has 0 amide bonds. The third-order valence-electron chi connectivity index (χ3n) is 3.97. The summed E-state index contributed by atoms with van der Waals surface area (Å²) in [6.07, 6.45) is 9.46. The van der Waals surface area contributed by atoms with E-state index in [1.165, 1.54) is 19.3 Å². The molecule has 5 nitrogen and oxygen atoms in total. The number of unbranched alkanes of at least 4 members (excludes halogenated alkanes) is 5. The summed E-state index contributed by atoms with van der Waals surface area (Å²) in [5, 5.41) is 28.3. The van der Waals surface area contributed by atoms with Crippen LogP contribution >= 0.6 is 0 Å². The topological polar surface area (TPSA) is 79.2 Å². The summed E-state index contributed by atoms with van der Waals surface area (Å²) in [5.41, 5.74) is 0. The van der Waals surface area contributed by atoms with Gasteiger partial charge in [0, 0.05) is 6.61 Å². The zero-order valence-corrected chi connectivity index (χ0v) is 13.7. The van der Waals surface area contributed by atoms with Crippen molar-refractivity contribution in [3.8, 4) is 0 Å². The van der Waals surface area contributed by atoms with Crippen molar-refractivity contribution < 1.29 is 24.8 Å². The van der Waals surface area contributed by atoms with Crippen LogP contribution in [0.2, 0.25) is 0 Å². The summed E-state index contributed by atoms with van der Waals surface area (Å²) in [6, 6.07) is 0. The molecule has 4 atom stereocenters. The largest absolute Gasteiger partial charge is 0.394 e. The van der Waals surface area contributed by atoms with E-state index in [-0.39, 0.29) is 6.61 Å². The maximum atomic E-state index is 9.96. The van der Waals surface area contributed by atoms with Gasteiger partial charge < -0.3 is 24.8 Å². The Labute approximate surface area is 133 Å². The third-order valence-corrected chi connectivity index (χ3v) is 3.97. The van der Waals surface area contributed by atoms with Crippen LogP contribution in [-0.4, -0.2) is 59.6 Å². The number of aliphatic hydroxyl groups is 3. The smallest absolute Gasteiger partial charge is 0.114 e. The van der Waals surface area contributed by atoms with Crippen LogP contribution < -0.4 is 0 Å². The molecule has 0 aromatic carbocycles. The van der Waals surface area contributed by atoms with Crippen LogP contribution in [-0.2, 0) is 9.47 Å². The molecule has 0 aliphatic carbocycles. The van der Waals surface area contributed by atoms with Crippen LogP contribution in [0.1, 0.15) is 51.9 Å². The van der Waals surface area contributed by atoms with E-state index in [4.69, 9.17) is 14.6 Å². The van der Waals surface area contributed by atoms with Gasteiger partial charge in [0.25, 0.3) is 0 Å². The van der Waals surface area contributed by atoms with Crippen LogP contribution in [0.15, 0.2) is 12.2 Å². The molecule has 0 unspecified atom stereocenters. The maximum absolute atomic E-state index is 9.96. The van der Waals surface area contributed by atoms with Crippen molar-refractivity contribution in [2.45, 2.75) is 76.3 Å². The summed E-state index contributed by atoms with van der Waals surface area (Å²) >= 11 is 0. The molecule has 5 heteroatoms. The number of aliphatic hydroxyl groups excluding tert-OH is 3. The first kappa shape index (κ1) is 19.6. The molecule has 22 heavy (non-hydrogen) atoms. The fourth-order valence-corrected chi connectivity index (χ4v) is 2.54. The highest BCUT2D eigenvalue weighted by atomic mass is 16.6. The fraction of sp³-hybridized carbons (Fsp3) is 0.882. The van der Waals surface area contributed by atoms with Gasteiger partial charge in [-0.25, -0.2) is 0 Å². The molecule has 1 aliphatic heterocycles. The van der Waals surface area contributed by atoms with Gasteiger partial charge in [0.1, 0.15) is 24.4 Å². The first-order valence-corrected chi connectivity index (χ1v) is 8.55. The van der Waals surface area contributed by atoms with Gasteiger partial charge in [-0.3, -0.25) is 0 Å². The lowest BCUT2D eigenvalue weighted by atomic mass is 10.1. The number of hydrogen-bond donors (Lipinski definition) is 3. The molecule has 1 fully saturated rings. The van der Waals surface area contributed by atoms with E-state index in [1.54, 1.807) is 0 Å². The molecule has 0 saturated carbocycles. The highest BCUT2D eigenvalue weighted by Crippen LogP contribution is 2.20. The normalized spacial score (nSPS) is 26.8. The fourth-order valence-electron chi connectivity index (χ4n) is 2.54. The van der Waals surface area contributed by atoms with Crippen LogP contribution in [0, 0.1) is 0 Å². The Morgan fingerprint density at radius 1 is 1.18 bits per heavy atom. The van der Waals surface area contributed by atoms with Crippen molar-refractivity contribution in [1.29, 1.82) is 0 Å². The van der Waals surface area contributed by atoms with Gasteiger partial charge in [-0.1, -0.05) is 38.3 Å². The first-order valence-electron chi connectivity index (χ1n) is 8.55. The standard InChI is InChI=1S/C17H32O5/c1-2-3-4-5-6-7-8-9-10-11-21-15-13-22-17(16(15)20)14(19)12-18/h5-6,14-20H,2-4,7-13H2,1H3/b6-5+/t14-,15+,16+,17+/m0/s1. The molecule has 0 aromatic rings. The van der Waals surface area contributed by atoms with Gasteiger partial charge in [0.05, 0.1) is 13.2 Å². The Hall–Kier alpha value is -0.460. The Balaban J connectivity index is 2.00. The lowest BCUT2D eigenvalue weighted by Gasteiger charge is -2.20. The van der Waals surface area contributed by atoms with E-state index in [0.29, 0.717) is 6.61 Å². The van der Waals surface area contributed by atoms with Crippen LogP contribution in [0.3, 0.4) is 0 Å². The Morgan fingerprint density at radius 3 is 2.59 bits per heavy atom. The maximum Gasteiger partial charge on any atom is 0.114 e. The zero-order valence-electron chi connectivity index (χ0n) is 13.7. The summed E-state index contributed by atoms with van der Waals surface area (Å²) in [6.45, 7) is 2.64. The van der Waals surface area contributed by atoms with Crippen molar-refractivity contribution >= 4 is 0 Å². The minimum absolute atomic E-state index is 0.267. The Kier molecular flexibility index (Phi) is 10.7. The van der Waals surface area contributed by atoms with E-state index in [2.05, 4.69) is 19.1 Å². The summed E-state index contributed by atoms with van der Waals surface area (Å²) in [7, 11) is 0. The van der Waals surface area contributed by atoms with Gasteiger partial charge >= 0.3 is 0 Å². The molecular formula is C17H32O5. The highest BCUT2D eigenvalue weighted by Gasteiger charge is 2.40. The average Bonchev–Trinajstić information content (AvgIpc) is 2.89. The molecule has 130 valence electrons. The molecule has 1 saturated heterocycles. The lowest BCUT2D eigenvalue weighted by Crippen LogP contribution is -2.41. The Morgan fingerprint density at radius 2 is 1.91 bits per heavy atom. The minimum Gasteiger partial charge on any atom is -0.394 e. The number of ether oxygens (including phenoxy) is 2. The van der Waals surface area contributed by atoms with E-state index in [1.807, 2.05) is 0 Å². The number of allylic oxidation sites excluding steroid dienone is 2. The van der Waals surface area contributed by atoms with Crippen molar-refractivity contribution in [1.82, 2.24) is 0 Å². The van der Waals surface area contributed by atoms with Gasteiger partial charge in [-0.2, -0.15) is 0 Å². The molecule has 3 N–H and O–H groups in total. The Bertz CT molecular complexity index is 295. The van der Waals surface area contributed by atoms with Gasteiger partial charge in [0.2, 0.25) is 0 Å². The number of rotatable bonds is 12. The van der Waals surface area contributed by atoms with Crippen molar-refractivity contribution in [2.75, 3.05) is 19.8 Å². The predicted molar refractivity (Wildman–Crippen MR) is 85.7 cm³/mol. The molecule has 1 heterocycles. The van der Waals surface area contributed by atoms with E-state index >= 15 is 0 Å².